The lowest BCUT2D eigenvalue weighted by Gasteiger charge is -2.16. The number of anilines is 1. The van der Waals surface area contributed by atoms with Gasteiger partial charge in [0.25, 0.3) is 0 Å². The van der Waals surface area contributed by atoms with Crippen LogP contribution in [0.5, 0.6) is 0 Å². The third-order valence-electron chi connectivity index (χ3n) is 3.32. The molecule has 0 unspecified atom stereocenters. The van der Waals surface area contributed by atoms with Crippen molar-refractivity contribution >= 4 is 28.4 Å². The van der Waals surface area contributed by atoms with Crippen LogP contribution in [0, 0.1) is 5.92 Å². The third kappa shape index (κ3) is 4.18. The van der Waals surface area contributed by atoms with Crippen molar-refractivity contribution in [1.82, 2.24) is 4.98 Å². The van der Waals surface area contributed by atoms with E-state index in [1.807, 2.05) is 24.3 Å². The van der Waals surface area contributed by atoms with Gasteiger partial charge in [0.15, 0.2) is 5.92 Å². The van der Waals surface area contributed by atoms with Crippen molar-refractivity contribution in [3.05, 3.63) is 36.7 Å². The summed E-state index contributed by atoms with van der Waals surface area (Å²) in [6.45, 7) is 3.93. The van der Waals surface area contributed by atoms with E-state index in [0.717, 1.165) is 16.5 Å². The predicted molar refractivity (Wildman–Crippen MR) is 87.0 cm³/mol. The Morgan fingerprint density at radius 3 is 2.48 bits per heavy atom. The Kier molecular flexibility index (Phi) is 5.91. The van der Waals surface area contributed by atoms with E-state index in [2.05, 4.69) is 10.3 Å². The predicted octanol–water partition coefficient (Wildman–Crippen LogP) is 2.39. The number of rotatable bonds is 7. The average molecular weight is 316 g/mol. The highest BCUT2D eigenvalue weighted by Gasteiger charge is 2.29. The molecule has 1 aromatic carbocycles. The van der Waals surface area contributed by atoms with Crippen molar-refractivity contribution < 1.29 is 19.1 Å². The molecule has 2 aromatic rings. The number of carbonyl (C=O) groups excluding carboxylic acids is 2. The van der Waals surface area contributed by atoms with E-state index in [9.17, 15) is 9.59 Å². The van der Waals surface area contributed by atoms with Gasteiger partial charge in [0, 0.05) is 30.0 Å². The molecule has 0 amide bonds. The first kappa shape index (κ1) is 16.7. The van der Waals surface area contributed by atoms with Gasteiger partial charge in [0.05, 0.1) is 13.2 Å². The molecule has 1 aromatic heterocycles. The van der Waals surface area contributed by atoms with Crippen LogP contribution in [0.1, 0.15) is 13.8 Å². The van der Waals surface area contributed by atoms with Crippen LogP contribution < -0.4 is 5.32 Å². The molecule has 0 aliphatic carbocycles. The fourth-order valence-electron chi connectivity index (χ4n) is 2.23. The van der Waals surface area contributed by atoms with E-state index in [4.69, 9.17) is 9.47 Å². The molecule has 0 bridgehead atoms. The smallest absolute Gasteiger partial charge is 0.322 e. The van der Waals surface area contributed by atoms with Gasteiger partial charge in [-0.3, -0.25) is 14.6 Å². The number of benzene rings is 1. The summed E-state index contributed by atoms with van der Waals surface area (Å²) in [6.07, 6.45) is 3.45. The Hall–Kier alpha value is -2.63. The van der Waals surface area contributed by atoms with E-state index in [0.29, 0.717) is 0 Å². The van der Waals surface area contributed by atoms with Crippen LogP contribution in [0.25, 0.3) is 10.8 Å². The molecule has 6 nitrogen and oxygen atoms in total. The van der Waals surface area contributed by atoms with Gasteiger partial charge in [0.1, 0.15) is 0 Å². The molecule has 0 aliphatic rings. The fourth-order valence-corrected chi connectivity index (χ4v) is 2.23. The monoisotopic (exact) mass is 316 g/mol. The van der Waals surface area contributed by atoms with Gasteiger partial charge in [-0.05, 0) is 31.4 Å². The number of pyridine rings is 1. The summed E-state index contributed by atoms with van der Waals surface area (Å²) >= 11 is 0. The van der Waals surface area contributed by atoms with Gasteiger partial charge in [-0.15, -0.1) is 0 Å². The van der Waals surface area contributed by atoms with Crippen LogP contribution in [-0.4, -0.2) is 36.7 Å². The Bertz CT molecular complexity index is 664. The number of fused-ring (bicyclic) bond motifs is 1. The Labute approximate surface area is 134 Å². The standard InChI is InChI=1S/C17H20N2O4/c1-3-22-16(20)14(17(21)23-4-2)11-19-15-7-5-6-12-8-9-18-10-13(12)15/h5-10,14,19H,3-4,11H2,1-2H3. The zero-order chi connectivity index (χ0) is 16.7. The van der Waals surface area contributed by atoms with Crippen molar-refractivity contribution in [3.63, 3.8) is 0 Å². The zero-order valence-electron chi connectivity index (χ0n) is 13.2. The van der Waals surface area contributed by atoms with Gasteiger partial charge in [0.2, 0.25) is 0 Å². The summed E-state index contributed by atoms with van der Waals surface area (Å²) in [5, 5.41) is 5.06. The van der Waals surface area contributed by atoms with E-state index in [1.165, 1.54) is 0 Å². The molecular formula is C17H20N2O4. The van der Waals surface area contributed by atoms with Crippen molar-refractivity contribution in [2.75, 3.05) is 25.1 Å². The number of carbonyl (C=O) groups is 2. The highest BCUT2D eigenvalue weighted by molar-refractivity contribution is 5.97. The molecule has 1 N–H and O–H groups in total. The van der Waals surface area contributed by atoms with Crippen molar-refractivity contribution in [2.24, 2.45) is 5.92 Å². The topological polar surface area (TPSA) is 77.5 Å². The van der Waals surface area contributed by atoms with Gasteiger partial charge in [-0.2, -0.15) is 0 Å². The normalized spacial score (nSPS) is 10.6. The second-order valence-electron chi connectivity index (χ2n) is 4.84. The minimum Gasteiger partial charge on any atom is -0.465 e. The highest BCUT2D eigenvalue weighted by atomic mass is 16.6. The summed E-state index contributed by atoms with van der Waals surface area (Å²) in [4.78, 5) is 28.0. The number of nitrogens with zero attached hydrogens (tertiary/aromatic N) is 1. The lowest BCUT2D eigenvalue weighted by molar-refractivity contribution is -0.160. The fraction of sp³-hybridized carbons (Fsp3) is 0.353. The quantitative estimate of drug-likeness (QED) is 0.624. The first-order chi connectivity index (χ1) is 11.2. The van der Waals surface area contributed by atoms with Crippen LogP contribution in [0.4, 0.5) is 5.69 Å². The summed E-state index contributed by atoms with van der Waals surface area (Å²) in [7, 11) is 0. The van der Waals surface area contributed by atoms with Crippen LogP contribution in [0.2, 0.25) is 0 Å². The van der Waals surface area contributed by atoms with E-state index >= 15 is 0 Å². The van der Waals surface area contributed by atoms with E-state index in [1.54, 1.807) is 26.2 Å². The van der Waals surface area contributed by atoms with Crippen LogP contribution >= 0.6 is 0 Å². The average Bonchev–Trinajstić information content (AvgIpc) is 2.55. The molecule has 2 rings (SSSR count). The van der Waals surface area contributed by atoms with Crippen molar-refractivity contribution in [2.45, 2.75) is 13.8 Å². The number of hydrogen-bond donors (Lipinski definition) is 1. The molecular weight excluding hydrogens is 296 g/mol. The van der Waals surface area contributed by atoms with E-state index in [-0.39, 0.29) is 19.8 Å². The Morgan fingerprint density at radius 2 is 1.83 bits per heavy atom. The molecule has 0 aliphatic heterocycles. The Balaban J connectivity index is 2.16. The largest absolute Gasteiger partial charge is 0.465 e. The third-order valence-corrected chi connectivity index (χ3v) is 3.32. The van der Waals surface area contributed by atoms with Crippen LogP contribution in [0.3, 0.4) is 0 Å². The minimum atomic E-state index is -0.998. The van der Waals surface area contributed by atoms with Gasteiger partial charge >= 0.3 is 11.9 Å². The minimum absolute atomic E-state index is 0.103. The van der Waals surface area contributed by atoms with Gasteiger partial charge < -0.3 is 14.8 Å². The molecule has 0 spiro atoms. The molecule has 0 radical (unpaired) electrons. The summed E-state index contributed by atoms with van der Waals surface area (Å²) < 4.78 is 9.91. The number of nitrogens with one attached hydrogen (secondary N) is 1. The molecule has 0 fully saturated rings. The molecule has 122 valence electrons. The maximum atomic E-state index is 12.0. The molecule has 23 heavy (non-hydrogen) atoms. The second kappa shape index (κ2) is 8.12. The molecule has 0 saturated heterocycles. The molecule has 6 heteroatoms. The maximum Gasteiger partial charge on any atom is 0.322 e. The highest BCUT2D eigenvalue weighted by Crippen LogP contribution is 2.22. The molecule has 0 atom stereocenters. The molecule has 0 saturated carbocycles. The number of hydrogen-bond acceptors (Lipinski definition) is 6. The SMILES string of the molecule is CCOC(=O)C(CNc1cccc2ccncc12)C(=O)OCC. The first-order valence-electron chi connectivity index (χ1n) is 7.57. The van der Waals surface area contributed by atoms with Crippen LogP contribution in [-0.2, 0) is 19.1 Å². The number of ether oxygens (including phenoxy) is 2. The van der Waals surface area contributed by atoms with Crippen LogP contribution in [0.15, 0.2) is 36.7 Å². The van der Waals surface area contributed by atoms with Crippen molar-refractivity contribution in [3.8, 4) is 0 Å². The summed E-state index contributed by atoms with van der Waals surface area (Å²) in [6, 6.07) is 7.64. The summed E-state index contributed by atoms with van der Waals surface area (Å²) in [5.74, 6) is -2.17. The number of esters is 2. The Morgan fingerprint density at radius 1 is 1.13 bits per heavy atom. The lowest BCUT2D eigenvalue weighted by Crippen LogP contribution is -2.33. The van der Waals surface area contributed by atoms with Crippen molar-refractivity contribution in [1.29, 1.82) is 0 Å². The molecule has 1 heterocycles. The van der Waals surface area contributed by atoms with E-state index < -0.39 is 17.9 Å². The van der Waals surface area contributed by atoms with Gasteiger partial charge in [-0.25, -0.2) is 0 Å². The summed E-state index contributed by atoms with van der Waals surface area (Å²) in [5.41, 5.74) is 0.800. The van der Waals surface area contributed by atoms with Gasteiger partial charge in [-0.1, -0.05) is 12.1 Å². The second-order valence-corrected chi connectivity index (χ2v) is 4.84. The maximum absolute atomic E-state index is 12.0. The first-order valence-corrected chi connectivity index (χ1v) is 7.57. The number of aromatic nitrogens is 1. The zero-order valence-corrected chi connectivity index (χ0v) is 13.2. The lowest BCUT2D eigenvalue weighted by atomic mass is 10.1.